The Kier molecular flexibility index (Phi) is 3.73. The summed E-state index contributed by atoms with van der Waals surface area (Å²) in [6, 6.07) is 0. The maximum atomic E-state index is 10.6. The van der Waals surface area contributed by atoms with Gasteiger partial charge in [0.05, 0.1) is 12.4 Å². The zero-order chi connectivity index (χ0) is 9.68. The first-order valence-corrected chi connectivity index (χ1v) is 4.76. The summed E-state index contributed by atoms with van der Waals surface area (Å²) in [4.78, 5) is 17.2. The monoisotopic (exact) mass is 183 g/mol. The van der Waals surface area contributed by atoms with Gasteiger partial charge in [-0.1, -0.05) is 6.92 Å². The highest BCUT2D eigenvalue weighted by Crippen LogP contribution is 2.03. The van der Waals surface area contributed by atoms with Gasteiger partial charge in [-0.15, -0.1) is 0 Å². The molecule has 13 heavy (non-hydrogen) atoms. The summed E-state index contributed by atoms with van der Waals surface area (Å²) in [5, 5.41) is 2.78. The van der Waals surface area contributed by atoms with E-state index in [0.717, 1.165) is 26.1 Å². The van der Waals surface area contributed by atoms with E-state index in [2.05, 4.69) is 22.1 Å². The largest absolute Gasteiger partial charge is 0.357 e. The van der Waals surface area contributed by atoms with Crippen LogP contribution in [0.3, 0.4) is 0 Å². The van der Waals surface area contributed by atoms with Crippen molar-refractivity contribution in [3.8, 4) is 0 Å². The van der Waals surface area contributed by atoms with Crippen LogP contribution in [-0.4, -0.2) is 42.8 Å². The number of carbonyl (C=O) groups is 1. The molecule has 1 aliphatic rings. The van der Waals surface area contributed by atoms with Gasteiger partial charge in [0.25, 0.3) is 0 Å². The van der Waals surface area contributed by atoms with E-state index in [1.54, 1.807) is 6.92 Å². The van der Waals surface area contributed by atoms with Gasteiger partial charge in [0.1, 0.15) is 0 Å². The fourth-order valence-electron chi connectivity index (χ4n) is 1.47. The van der Waals surface area contributed by atoms with Gasteiger partial charge in [-0.25, -0.2) is 0 Å². The first kappa shape index (κ1) is 10.0. The van der Waals surface area contributed by atoms with Crippen molar-refractivity contribution >= 4 is 11.7 Å². The van der Waals surface area contributed by atoms with Gasteiger partial charge in [-0.05, 0) is 0 Å². The Balaban J connectivity index is 2.22. The third kappa shape index (κ3) is 3.05. The summed E-state index contributed by atoms with van der Waals surface area (Å²) in [6.07, 6.45) is 0.986. The smallest absolute Gasteiger partial charge is 0.216 e. The number of amides is 1. The number of hydrogen-bond acceptors (Lipinski definition) is 3. The van der Waals surface area contributed by atoms with Crippen molar-refractivity contribution < 1.29 is 4.79 Å². The normalized spacial score (nSPS) is 15.8. The van der Waals surface area contributed by atoms with Crippen molar-refractivity contribution in [2.45, 2.75) is 20.3 Å². The summed E-state index contributed by atoms with van der Waals surface area (Å²) in [7, 11) is 0. The number of rotatable bonds is 4. The Morgan fingerprint density at radius 2 is 2.46 bits per heavy atom. The van der Waals surface area contributed by atoms with Gasteiger partial charge in [-0.2, -0.15) is 0 Å². The number of aliphatic imine (C=N–C) groups is 1. The average molecular weight is 183 g/mol. The molecule has 0 aromatic rings. The quantitative estimate of drug-likeness (QED) is 0.679. The minimum atomic E-state index is 0.0363. The van der Waals surface area contributed by atoms with E-state index in [-0.39, 0.29) is 5.91 Å². The van der Waals surface area contributed by atoms with Crippen LogP contribution in [0.1, 0.15) is 20.3 Å². The minimum Gasteiger partial charge on any atom is -0.357 e. The lowest BCUT2D eigenvalue weighted by atomic mass is 10.4. The Bertz CT molecular complexity index is 213. The van der Waals surface area contributed by atoms with Gasteiger partial charge in [0, 0.05) is 33.0 Å². The molecule has 1 rings (SSSR count). The zero-order valence-corrected chi connectivity index (χ0v) is 8.34. The third-order valence-corrected chi connectivity index (χ3v) is 2.10. The van der Waals surface area contributed by atoms with Crippen LogP contribution in [0.15, 0.2) is 4.99 Å². The molecule has 0 radical (unpaired) electrons. The van der Waals surface area contributed by atoms with E-state index in [4.69, 9.17) is 0 Å². The predicted molar refractivity (Wildman–Crippen MR) is 52.8 cm³/mol. The molecule has 0 atom stereocenters. The van der Waals surface area contributed by atoms with E-state index in [1.807, 2.05) is 0 Å². The fourth-order valence-corrected chi connectivity index (χ4v) is 1.47. The molecule has 1 amide bonds. The van der Waals surface area contributed by atoms with Crippen molar-refractivity contribution in [1.29, 1.82) is 0 Å². The first-order chi connectivity index (χ1) is 6.24. The first-order valence-electron chi connectivity index (χ1n) is 4.76. The van der Waals surface area contributed by atoms with Crippen molar-refractivity contribution in [2.24, 2.45) is 4.99 Å². The summed E-state index contributed by atoms with van der Waals surface area (Å²) >= 11 is 0. The Morgan fingerprint density at radius 1 is 1.69 bits per heavy atom. The Hall–Kier alpha value is -1.06. The van der Waals surface area contributed by atoms with Crippen LogP contribution < -0.4 is 5.32 Å². The zero-order valence-electron chi connectivity index (χ0n) is 8.34. The van der Waals surface area contributed by atoms with Crippen LogP contribution in [0.2, 0.25) is 0 Å². The molecule has 74 valence electrons. The van der Waals surface area contributed by atoms with Gasteiger partial charge >= 0.3 is 0 Å². The lowest BCUT2D eigenvalue weighted by Gasteiger charge is -2.19. The molecule has 4 heteroatoms. The fraction of sp³-hybridized carbons (Fsp3) is 0.778. The molecular weight excluding hydrogens is 166 g/mol. The highest BCUT2D eigenvalue weighted by molar-refractivity contribution is 5.83. The van der Waals surface area contributed by atoms with Crippen molar-refractivity contribution in [3.05, 3.63) is 0 Å². The summed E-state index contributed by atoms with van der Waals surface area (Å²) < 4.78 is 0. The van der Waals surface area contributed by atoms with Gasteiger partial charge < -0.3 is 10.2 Å². The molecule has 0 unspecified atom stereocenters. The average Bonchev–Trinajstić information content (AvgIpc) is 2.51. The van der Waals surface area contributed by atoms with Gasteiger partial charge in [0.15, 0.2) is 0 Å². The Morgan fingerprint density at radius 3 is 3.08 bits per heavy atom. The number of carbonyl (C=O) groups excluding carboxylic acids is 1. The second-order valence-corrected chi connectivity index (χ2v) is 3.12. The van der Waals surface area contributed by atoms with Crippen molar-refractivity contribution in [3.63, 3.8) is 0 Å². The Labute approximate surface area is 79.0 Å². The minimum absolute atomic E-state index is 0.0363. The number of nitrogens with zero attached hydrogens (tertiary/aromatic N) is 2. The predicted octanol–water partition coefficient (Wildman–Crippen LogP) is 0.247. The highest BCUT2D eigenvalue weighted by atomic mass is 16.1. The molecule has 0 aliphatic carbocycles. The molecule has 1 aliphatic heterocycles. The molecule has 0 spiro atoms. The molecule has 0 saturated heterocycles. The SMILES string of the molecule is CCC1=NCCN1CCNC(C)=O. The summed E-state index contributed by atoms with van der Waals surface area (Å²) in [5.74, 6) is 1.21. The molecule has 0 saturated carbocycles. The molecule has 0 aromatic heterocycles. The van der Waals surface area contributed by atoms with Crippen molar-refractivity contribution in [1.82, 2.24) is 10.2 Å². The molecular formula is C9H17N3O. The molecule has 1 N–H and O–H groups in total. The second-order valence-electron chi connectivity index (χ2n) is 3.12. The van der Waals surface area contributed by atoms with Crippen LogP contribution in [-0.2, 0) is 4.79 Å². The number of amidine groups is 1. The maximum Gasteiger partial charge on any atom is 0.216 e. The standard InChI is InChI=1S/C9H17N3O/c1-3-9-11-5-7-12(9)6-4-10-8(2)13/h3-7H2,1-2H3,(H,10,13). The van der Waals surface area contributed by atoms with E-state index < -0.39 is 0 Å². The highest BCUT2D eigenvalue weighted by Gasteiger charge is 2.13. The lowest BCUT2D eigenvalue weighted by Crippen LogP contribution is -2.35. The maximum absolute atomic E-state index is 10.6. The summed E-state index contributed by atoms with van der Waals surface area (Å²) in [6.45, 7) is 7.15. The third-order valence-electron chi connectivity index (χ3n) is 2.10. The van der Waals surface area contributed by atoms with Gasteiger partial charge in [-0.3, -0.25) is 9.79 Å². The van der Waals surface area contributed by atoms with Gasteiger partial charge in [0.2, 0.25) is 5.91 Å². The van der Waals surface area contributed by atoms with Crippen LogP contribution in [0, 0.1) is 0 Å². The van der Waals surface area contributed by atoms with E-state index in [1.165, 1.54) is 5.84 Å². The molecule has 0 fully saturated rings. The summed E-state index contributed by atoms with van der Waals surface area (Å²) in [5.41, 5.74) is 0. The molecule has 4 nitrogen and oxygen atoms in total. The number of hydrogen-bond donors (Lipinski definition) is 1. The van der Waals surface area contributed by atoms with Crippen LogP contribution in [0.4, 0.5) is 0 Å². The van der Waals surface area contributed by atoms with E-state index in [0.29, 0.717) is 6.54 Å². The second kappa shape index (κ2) is 4.84. The topological polar surface area (TPSA) is 44.7 Å². The van der Waals surface area contributed by atoms with E-state index in [9.17, 15) is 4.79 Å². The van der Waals surface area contributed by atoms with E-state index >= 15 is 0 Å². The molecule has 0 bridgehead atoms. The van der Waals surface area contributed by atoms with Crippen molar-refractivity contribution in [2.75, 3.05) is 26.2 Å². The molecule has 1 heterocycles. The molecule has 0 aromatic carbocycles. The van der Waals surface area contributed by atoms with Crippen LogP contribution >= 0.6 is 0 Å². The van der Waals surface area contributed by atoms with Crippen LogP contribution in [0.5, 0.6) is 0 Å². The lowest BCUT2D eigenvalue weighted by molar-refractivity contribution is -0.118. The van der Waals surface area contributed by atoms with Crippen LogP contribution in [0.25, 0.3) is 0 Å². The number of nitrogens with one attached hydrogen (secondary N) is 1.